The summed E-state index contributed by atoms with van der Waals surface area (Å²) in [6.45, 7) is 2.20. The summed E-state index contributed by atoms with van der Waals surface area (Å²) in [6, 6.07) is 4.14. The van der Waals surface area contributed by atoms with Crippen LogP contribution in [0.15, 0.2) is 18.3 Å². The molecule has 72 valence electrons. The molecule has 1 rings (SSSR count). The molecule has 1 aromatic rings. The van der Waals surface area contributed by atoms with Gasteiger partial charge in [0.25, 0.3) is 0 Å². The molecule has 0 saturated heterocycles. The van der Waals surface area contributed by atoms with Gasteiger partial charge in [-0.3, -0.25) is 0 Å². The van der Waals surface area contributed by atoms with E-state index in [2.05, 4.69) is 23.3 Å². The molecule has 1 heterocycles. The predicted octanol–water partition coefficient (Wildman–Crippen LogP) is 2.77. The molecule has 0 atom stereocenters. The van der Waals surface area contributed by atoms with Crippen LogP contribution in [0, 0.1) is 0 Å². The summed E-state index contributed by atoms with van der Waals surface area (Å²) in [5.74, 6) is 3.24. The zero-order valence-corrected chi connectivity index (χ0v) is 9.03. The molecule has 1 aromatic heterocycles. The molecule has 0 aliphatic carbocycles. The lowest BCUT2D eigenvalue weighted by atomic mass is 10.3. The van der Waals surface area contributed by atoms with Gasteiger partial charge in [0, 0.05) is 19.0 Å². The third-order valence-electron chi connectivity index (χ3n) is 1.70. The Bertz CT molecular complexity index is 233. The van der Waals surface area contributed by atoms with Crippen molar-refractivity contribution in [3.63, 3.8) is 0 Å². The van der Waals surface area contributed by atoms with Crippen molar-refractivity contribution < 1.29 is 0 Å². The number of hydrogen-bond donors (Lipinski definition) is 1. The topological polar surface area (TPSA) is 24.9 Å². The fourth-order valence-electron chi connectivity index (χ4n) is 0.992. The third-order valence-corrected chi connectivity index (χ3v) is 2.93. The van der Waals surface area contributed by atoms with Crippen molar-refractivity contribution in [2.75, 3.05) is 18.1 Å². The Morgan fingerprint density at radius 3 is 2.85 bits per heavy atom. The van der Waals surface area contributed by atoms with Crippen LogP contribution in [0.3, 0.4) is 0 Å². The van der Waals surface area contributed by atoms with E-state index in [0.717, 1.165) is 11.6 Å². The molecular formula is C10H16N2S. The Morgan fingerprint density at radius 1 is 1.46 bits per heavy atom. The van der Waals surface area contributed by atoms with Crippen molar-refractivity contribution in [2.24, 2.45) is 0 Å². The highest BCUT2D eigenvalue weighted by Gasteiger charge is 1.94. The molecule has 0 bridgehead atoms. The average molecular weight is 196 g/mol. The Kier molecular flexibility index (Phi) is 4.68. The molecule has 2 nitrogen and oxygen atoms in total. The first-order valence-electron chi connectivity index (χ1n) is 4.57. The monoisotopic (exact) mass is 196 g/mol. The van der Waals surface area contributed by atoms with Gasteiger partial charge in [-0.15, -0.1) is 0 Å². The van der Waals surface area contributed by atoms with Crippen molar-refractivity contribution in [1.82, 2.24) is 4.98 Å². The van der Waals surface area contributed by atoms with Gasteiger partial charge in [-0.25, -0.2) is 4.98 Å². The molecular weight excluding hydrogens is 180 g/mol. The van der Waals surface area contributed by atoms with E-state index in [0.29, 0.717) is 0 Å². The van der Waals surface area contributed by atoms with E-state index in [9.17, 15) is 0 Å². The molecule has 0 aliphatic heterocycles. The van der Waals surface area contributed by atoms with Gasteiger partial charge in [0.15, 0.2) is 0 Å². The second-order valence-electron chi connectivity index (χ2n) is 2.85. The highest BCUT2D eigenvalue weighted by molar-refractivity contribution is 7.98. The maximum atomic E-state index is 4.25. The van der Waals surface area contributed by atoms with E-state index in [4.69, 9.17) is 0 Å². The Hall–Kier alpha value is -0.700. The first-order valence-corrected chi connectivity index (χ1v) is 5.72. The van der Waals surface area contributed by atoms with Gasteiger partial charge < -0.3 is 5.32 Å². The number of nitrogens with one attached hydrogen (secondary N) is 1. The number of rotatable bonds is 5. The molecule has 0 fully saturated rings. The summed E-state index contributed by atoms with van der Waals surface area (Å²) in [5.41, 5.74) is 1.30. The maximum absolute atomic E-state index is 4.25. The van der Waals surface area contributed by atoms with Gasteiger partial charge in [0.05, 0.1) is 0 Å². The van der Waals surface area contributed by atoms with Crippen molar-refractivity contribution in [3.05, 3.63) is 23.9 Å². The summed E-state index contributed by atoms with van der Waals surface area (Å²) in [5, 5.41) is 3.00. The molecule has 0 unspecified atom stereocenters. The summed E-state index contributed by atoms with van der Waals surface area (Å²) in [4.78, 5) is 4.25. The molecule has 0 amide bonds. The molecule has 0 saturated carbocycles. The van der Waals surface area contributed by atoms with Gasteiger partial charge in [-0.05, 0) is 23.8 Å². The second kappa shape index (κ2) is 5.86. The van der Waals surface area contributed by atoms with E-state index < -0.39 is 0 Å². The van der Waals surface area contributed by atoms with Crippen LogP contribution in [-0.4, -0.2) is 17.8 Å². The van der Waals surface area contributed by atoms with E-state index in [1.54, 1.807) is 0 Å². The fourth-order valence-corrected chi connectivity index (χ4v) is 1.83. The van der Waals surface area contributed by atoms with Crippen LogP contribution in [0.25, 0.3) is 0 Å². The van der Waals surface area contributed by atoms with Crippen LogP contribution in [0.1, 0.15) is 18.9 Å². The first kappa shape index (κ1) is 10.4. The summed E-state index contributed by atoms with van der Waals surface area (Å²) in [7, 11) is 1.88. The van der Waals surface area contributed by atoms with Crippen LogP contribution in [0.2, 0.25) is 0 Å². The minimum absolute atomic E-state index is 0.934. The van der Waals surface area contributed by atoms with Crippen molar-refractivity contribution in [3.8, 4) is 0 Å². The Morgan fingerprint density at radius 2 is 2.31 bits per heavy atom. The lowest BCUT2D eigenvalue weighted by Gasteiger charge is -2.01. The highest BCUT2D eigenvalue weighted by Crippen LogP contribution is 2.13. The lowest BCUT2D eigenvalue weighted by Crippen LogP contribution is -1.92. The number of nitrogens with zero attached hydrogens (tertiary/aromatic N) is 1. The Labute approximate surface area is 84.1 Å². The fraction of sp³-hybridized carbons (Fsp3) is 0.500. The van der Waals surface area contributed by atoms with Crippen LogP contribution in [0.5, 0.6) is 0 Å². The number of thioether (sulfide) groups is 1. The van der Waals surface area contributed by atoms with Gasteiger partial charge >= 0.3 is 0 Å². The quantitative estimate of drug-likeness (QED) is 0.733. The van der Waals surface area contributed by atoms with E-state index in [-0.39, 0.29) is 0 Å². The van der Waals surface area contributed by atoms with Crippen molar-refractivity contribution in [2.45, 2.75) is 19.1 Å². The third kappa shape index (κ3) is 3.68. The van der Waals surface area contributed by atoms with Crippen LogP contribution < -0.4 is 5.32 Å². The average Bonchev–Trinajstić information content (AvgIpc) is 2.19. The van der Waals surface area contributed by atoms with Gasteiger partial charge in [-0.2, -0.15) is 11.8 Å². The summed E-state index contributed by atoms with van der Waals surface area (Å²) >= 11 is 1.96. The number of hydrogen-bond acceptors (Lipinski definition) is 3. The van der Waals surface area contributed by atoms with Gasteiger partial charge in [0.1, 0.15) is 5.82 Å². The molecule has 0 aromatic carbocycles. The molecule has 0 radical (unpaired) electrons. The van der Waals surface area contributed by atoms with Crippen LogP contribution in [0.4, 0.5) is 5.82 Å². The van der Waals surface area contributed by atoms with Crippen molar-refractivity contribution >= 4 is 17.6 Å². The van der Waals surface area contributed by atoms with Gasteiger partial charge in [-0.1, -0.05) is 13.0 Å². The van der Waals surface area contributed by atoms with E-state index in [1.165, 1.54) is 17.7 Å². The maximum Gasteiger partial charge on any atom is 0.125 e. The molecule has 0 spiro atoms. The van der Waals surface area contributed by atoms with Crippen LogP contribution in [-0.2, 0) is 5.75 Å². The predicted molar refractivity (Wildman–Crippen MR) is 60.2 cm³/mol. The van der Waals surface area contributed by atoms with E-state index in [1.807, 2.05) is 31.1 Å². The zero-order valence-electron chi connectivity index (χ0n) is 8.21. The minimum Gasteiger partial charge on any atom is -0.373 e. The Balaban J connectivity index is 2.40. The molecule has 13 heavy (non-hydrogen) atoms. The standard InChI is InChI=1S/C10H16N2S/c1-3-6-13-8-9-4-5-10(11-2)12-7-9/h4-5,7H,3,6,8H2,1-2H3,(H,11,12). The van der Waals surface area contributed by atoms with Gasteiger partial charge in [0.2, 0.25) is 0 Å². The first-order chi connectivity index (χ1) is 6.36. The number of aromatic nitrogens is 1. The number of anilines is 1. The second-order valence-corrected chi connectivity index (χ2v) is 3.96. The largest absolute Gasteiger partial charge is 0.373 e. The van der Waals surface area contributed by atoms with E-state index >= 15 is 0 Å². The SMILES string of the molecule is CCCSCc1ccc(NC)nc1. The normalized spacial score (nSPS) is 10.0. The zero-order chi connectivity index (χ0) is 9.52. The number of pyridine rings is 1. The molecule has 3 heteroatoms. The summed E-state index contributed by atoms with van der Waals surface area (Å²) in [6.07, 6.45) is 3.18. The summed E-state index contributed by atoms with van der Waals surface area (Å²) < 4.78 is 0. The van der Waals surface area contributed by atoms with Crippen molar-refractivity contribution in [1.29, 1.82) is 0 Å². The van der Waals surface area contributed by atoms with Crippen LogP contribution >= 0.6 is 11.8 Å². The smallest absolute Gasteiger partial charge is 0.125 e. The lowest BCUT2D eigenvalue weighted by molar-refractivity contribution is 1.10. The molecule has 0 aliphatic rings. The highest BCUT2D eigenvalue weighted by atomic mass is 32.2. The molecule has 1 N–H and O–H groups in total. The minimum atomic E-state index is 0.934.